The predicted octanol–water partition coefficient (Wildman–Crippen LogP) is 3.80. The number of allylic oxidation sites excluding steroid dienone is 3. The zero-order chi connectivity index (χ0) is 14.4. The minimum Gasteiger partial charge on any atom is -0.485 e. The maximum absolute atomic E-state index is 13.6. The highest BCUT2D eigenvalue weighted by atomic mass is 19.1. The minimum atomic E-state index is -0.216. The fraction of sp³-hybridized carbons (Fsp3) is 0.412. The summed E-state index contributed by atoms with van der Waals surface area (Å²) in [5.41, 5.74) is 1.12. The Morgan fingerprint density at radius 3 is 2.50 bits per heavy atom. The molecule has 0 unspecified atom stereocenters. The van der Waals surface area contributed by atoms with E-state index in [-0.39, 0.29) is 11.9 Å². The van der Waals surface area contributed by atoms with E-state index in [2.05, 4.69) is 11.9 Å². The van der Waals surface area contributed by atoms with Crippen LogP contribution >= 0.6 is 0 Å². The van der Waals surface area contributed by atoms with E-state index in [0.29, 0.717) is 11.7 Å². The number of rotatable bonds is 4. The van der Waals surface area contributed by atoms with Crippen molar-refractivity contribution < 1.29 is 9.13 Å². The first kappa shape index (κ1) is 14.8. The smallest absolute Gasteiger partial charge is 0.165 e. The maximum Gasteiger partial charge on any atom is 0.165 e. The van der Waals surface area contributed by atoms with Crippen LogP contribution in [-0.4, -0.2) is 19.2 Å². The lowest BCUT2D eigenvalue weighted by molar-refractivity contribution is 0.136. The van der Waals surface area contributed by atoms with E-state index >= 15 is 0 Å². The van der Waals surface area contributed by atoms with Crippen LogP contribution in [-0.2, 0) is 0 Å². The van der Waals surface area contributed by atoms with Crippen LogP contribution in [0.2, 0.25) is 0 Å². The number of hydrogen-bond donors (Lipinski definition) is 1. The van der Waals surface area contributed by atoms with Gasteiger partial charge in [-0.05, 0) is 43.4 Å². The van der Waals surface area contributed by atoms with Crippen molar-refractivity contribution in [3.63, 3.8) is 0 Å². The molecule has 0 bridgehead atoms. The van der Waals surface area contributed by atoms with E-state index in [1.165, 1.54) is 12.8 Å². The number of hydrogen-bond acceptors (Lipinski definition) is 2. The molecule has 1 saturated heterocycles. The topological polar surface area (TPSA) is 21.3 Å². The van der Waals surface area contributed by atoms with Crippen LogP contribution in [0.5, 0.6) is 5.75 Å². The lowest BCUT2D eigenvalue weighted by atomic mass is 10.1. The van der Waals surface area contributed by atoms with E-state index in [9.17, 15) is 4.39 Å². The first-order valence-corrected chi connectivity index (χ1v) is 7.15. The molecule has 0 radical (unpaired) electrons. The highest BCUT2D eigenvalue weighted by molar-refractivity contribution is 5.33. The average Bonchev–Trinajstić information content (AvgIpc) is 3.21. The molecule has 1 heterocycles. The van der Waals surface area contributed by atoms with Gasteiger partial charge in [0.15, 0.2) is 11.6 Å². The molecule has 1 aliphatic heterocycles. The van der Waals surface area contributed by atoms with Gasteiger partial charge in [0, 0.05) is 13.1 Å². The summed E-state index contributed by atoms with van der Waals surface area (Å²) in [6, 6.07) is 5.38. The van der Waals surface area contributed by atoms with Crippen molar-refractivity contribution in [3.8, 4) is 5.75 Å². The molecule has 3 heteroatoms. The first-order valence-electron chi connectivity index (χ1n) is 7.15. The lowest BCUT2D eigenvalue weighted by Crippen LogP contribution is -2.50. The summed E-state index contributed by atoms with van der Waals surface area (Å²) in [6.07, 6.45) is 8.12. The Hall–Kier alpha value is -1.61. The van der Waals surface area contributed by atoms with Crippen molar-refractivity contribution >= 4 is 0 Å². The first-order chi connectivity index (χ1) is 9.74. The Morgan fingerprint density at radius 1 is 1.35 bits per heavy atom. The van der Waals surface area contributed by atoms with Gasteiger partial charge in [-0.3, -0.25) is 0 Å². The van der Waals surface area contributed by atoms with Gasteiger partial charge in [0.25, 0.3) is 0 Å². The normalized spacial score (nSPS) is 18.1. The molecule has 1 aromatic carbocycles. The Morgan fingerprint density at radius 2 is 2.10 bits per heavy atom. The van der Waals surface area contributed by atoms with E-state index < -0.39 is 0 Å². The summed E-state index contributed by atoms with van der Waals surface area (Å²) < 4.78 is 19.1. The second-order valence-electron chi connectivity index (χ2n) is 5.12. The summed E-state index contributed by atoms with van der Waals surface area (Å²) in [4.78, 5) is 0. The number of halogens is 1. The van der Waals surface area contributed by atoms with Crippen molar-refractivity contribution in [2.75, 3.05) is 13.1 Å². The summed E-state index contributed by atoms with van der Waals surface area (Å²) in [5.74, 6) is 0.774. The van der Waals surface area contributed by atoms with Gasteiger partial charge in [0.2, 0.25) is 0 Å². The standard InChI is InChI=1S/C12H14FNO.C5H8/c13-11-5-9(8-1-2-8)3-4-12(11)15-10-6-14-7-10;1-3-5-4-2/h3-5,8,10,14H,1-2,6-7H2;3-5H,1H2,2H3/b;5-4-. The van der Waals surface area contributed by atoms with E-state index in [1.807, 2.05) is 25.1 Å². The molecule has 0 atom stereocenters. The molecule has 1 aromatic rings. The summed E-state index contributed by atoms with van der Waals surface area (Å²) in [5, 5.41) is 3.09. The van der Waals surface area contributed by atoms with Gasteiger partial charge in [0.05, 0.1) is 0 Å². The van der Waals surface area contributed by atoms with Crippen LogP contribution in [0.25, 0.3) is 0 Å². The van der Waals surface area contributed by atoms with Crippen molar-refractivity contribution in [2.45, 2.75) is 31.8 Å². The van der Waals surface area contributed by atoms with Crippen molar-refractivity contribution in [1.29, 1.82) is 0 Å². The SMILES string of the molecule is C=C/C=C\C.Fc1cc(C2CC2)ccc1OC1CNC1. The highest BCUT2D eigenvalue weighted by Crippen LogP contribution is 2.41. The highest BCUT2D eigenvalue weighted by Gasteiger charge is 2.25. The molecule has 1 aliphatic carbocycles. The molecule has 0 amide bonds. The van der Waals surface area contributed by atoms with Crippen LogP contribution in [0.4, 0.5) is 4.39 Å². The molecule has 0 spiro atoms. The fourth-order valence-corrected chi connectivity index (χ4v) is 1.94. The zero-order valence-electron chi connectivity index (χ0n) is 11.9. The largest absolute Gasteiger partial charge is 0.485 e. The third-order valence-corrected chi connectivity index (χ3v) is 3.37. The Bertz CT molecular complexity index is 476. The van der Waals surface area contributed by atoms with Gasteiger partial charge in [-0.2, -0.15) is 0 Å². The van der Waals surface area contributed by atoms with Crippen LogP contribution < -0.4 is 10.1 Å². The molecule has 2 nitrogen and oxygen atoms in total. The van der Waals surface area contributed by atoms with Gasteiger partial charge in [0.1, 0.15) is 6.10 Å². The summed E-state index contributed by atoms with van der Waals surface area (Å²) in [6.45, 7) is 7.07. The van der Waals surface area contributed by atoms with Gasteiger partial charge in [-0.25, -0.2) is 4.39 Å². The Balaban J connectivity index is 0.000000257. The predicted molar refractivity (Wildman–Crippen MR) is 80.7 cm³/mol. The second kappa shape index (κ2) is 7.25. The van der Waals surface area contributed by atoms with Crippen molar-refractivity contribution in [2.24, 2.45) is 0 Å². The summed E-state index contributed by atoms with van der Waals surface area (Å²) >= 11 is 0. The molecular weight excluding hydrogens is 253 g/mol. The third-order valence-electron chi connectivity index (χ3n) is 3.37. The van der Waals surface area contributed by atoms with Gasteiger partial charge >= 0.3 is 0 Å². The molecule has 2 fully saturated rings. The van der Waals surface area contributed by atoms with Crippen molar-refractivity contribution in [3.05, 3.63) is 54.4 Å². The monoisotopic (exact) mass is 275 g/mol. The maximum atomic E-state index is 13.6. The van der Waals surface area contributed by atoms with Crippen LogP contribution in [0, 0.1) is 5.82 Å². The molecule has 20 heavy (non-hydrogen) atoms. The summed E-state index contributed by atoms with van der Waals surface area (Å²) in [7, 11) is 0. The zero-order valence-corrected chi connectivity index (χ0v) is 11.9. The van der Waals surface area contributed by atoms with Gasteiger partial charge < -0.3 is 10.1 Å². The molecule has 3 rings (SSSR count). The van der Waals surface area contributed by atoms with E-state index in [0.717, 1.165) is 18.7 Å². The van der Waals surface area contributed by atoms with Crippen LogP contribution in [0.3, 0.4) is 0 Å². The molecule has 1 N–H and O–H groups in total. The minimum absolute atomic E-state index is 0.145. The van der Waals surface area contributed by atoms with Gasteiger partial charge in [-0.1, -0.05) is 30.9 Å². The quantitative estimate of drug-likeness (QED) is 0.844. The Kier molecular flexibility index (Phi) is 5.36. The fourth-order valence-electron chi connectivity index (χ4n) is 1.94. The van der Waals surface area contributed by atoms with Crippen LogP contribution in [0.1, 0.15) is 31.2 Å². The molecule has 0 aromatic heterocycles. The molecule has 1 saturated carbocycles. The number of ether oxygens (including phenoxy) is 1. The van der Waals surface area contributed by atoms with E-state index in [4.69, 9.17) is 4.74 Å². The average molecular weight is 275 g/mol. The lowest BCUT2D eigenvalue weighted by Gasteiger charge is -2.28. The molecular formula is C17H22FNO. The Labute approximate surface area is 120 Å². The van der Waals surface area contributed by atoms with Gasteiger partial charge in [-0.15, -0.1) is 0 Å². The number of nitrogens with one attached hydrogen (secondary N) is 1. The van der Waals surface area contributed by atoms with E-state index in [1.54, 1.807) is 18.2 Å². The molecule has 2 aliphatic rings. The number of benzene rings is 1. The second-order valence-corrected chi connectivity index (χ2v) is 5.12. The molecule has 108 valence electrons. The third kappa shape index (κ3) is 4.20. The van der Waals surface area contributed by atoms with Crippen molar-refractivity contribution in [1.82, 2.24) is 5.32 Å². The van der Waals surface area contributed by atoms with Crippen LogP contribution in [0.15, 0.2) is 43.0 Å².